The maximum absolute atomic E-state index is 2.68. The molecule has 0 atom stereocenters. The zero-order valence-electron chi connectivity index (χ0n) is 48.8. The van der Waals surface area contributed by atoms with E-state index in [0.717, 1.165) is 45.0 Å². The predicted octanol–water partition coefficient (Wildman–Crippen LogP) is 21.1. The minimum Gasteiger partial charge on any atom is -0.310 e. The molecule has 87 heavy (non-hydrogen) atoms. The van der Waals surface area contributed by atoms with Crippen molar-refractivity contribution in [1.29, 1.82) is 0 Å². The van der Waals surface area contributed by atoms with E-state index < -0.39 is 0 Å². The van der Waals surface area contributed by atoms with Crippen molar-refractivity contribution in [3.8, 4) is 66.8 Å². The number of benzene rings is 15. The highest BCUT2D eigenvalue weighted by atomic mass is 15.2. The molecule has 408 valence electrons. The lowest BCUT2D eigenvalue weighted by Gasteiger charge is -2.46. The van der Waals surface area contributed by atoms with Gasteiger partial charge in [-0.1, -0.05) is 300 Å². The van der Waals surface area contributed by atoms with Gasteiger partial charge in [0.05, 0.1) is 11.4 Å². The molecule has 0 saturated heterocycles. The van der Waals surface area contributed by atoms with Crippen molar-refractivity contribution < 1.29 is 0 Å². The third kappa shape index (κ3) is 8.03. The SMILES string of the molecule is CC(C)(C)c1cc2c3c(c1)N(c1c(-c4ccccc4)cccc1-c1ccccc1)c1ccc(-c4ccc5cccc6c7cccc8cccc(c4c56)c87)cc1B3c1cc(-c3ccccc3)ccc1N2c1c(-c2ccccc2)cccc1-c1ccccc1. The van der Waals surface area contributed by atoms with Gasteiger partial charge in [0.15, 0.2) is 0 Å². The highest BCUT2D eigenvalue weighted by Crippen LogP contribution is 2.54. The quantitative estimate of drug-likeness (QED) is 0.0850. The Hall–Kier alpha value is -10.7. The van der Waals surface area contributed by atoms with E-state index in [0.29, 0.717) is 0 Å². The molecule has 0 N–H and O–H groups in total. The molecular formula is C84H59BN2. The third-order valence-corrected chi connectivity index (χ3v) is 18.7. The Kier molecular flexibility index (Phi) is 11.6. The first-order valence-electron chi connectivity index (χ1n) is 30.5. The molecule has 0 fully saturated rings. The van der Waals surface area contributed by atoms with E-state index >= 15 is 0 Å². The summed E-state index contributed by atoms with van der Waals surface area (Å²) in [5, 5.41) is 10.3. The second kappa shape index (κ2) is 19.9. The lowest BCUT2D eigenvalue weighted by atomic mass is 9.33. The number of para-hydroxylation sites is 2. The summed E-state index contributed by atoms with van der Waals surface area (Å²) in [5.41, 5.74) is 25.9. The van der Waals surface area contributed by atoms with Crippen LogP contribution < -0.4 is 26.2 Å². The molecule has 2 aliphatic rings. The first-order chi connectivity index (χ1) is 42.8. The van der Waals surface area contributed by atoms with Crippen LogP contribution in [0.3, 0.4) is 0 Å². The van der Waals surface area contributed by atoms with Crippen LogP contribution >= 0.6 is 0 Å². The van der Waals surface area contributed by atoms with Gasteiger partial charge >= 0.3 is 0 Å². The van der Waals surface area contributed by atoms with Gasteiger partial charge in [-0.2, -0.15) is 0 Å². The Morgan fingerprint density at radius 2 is 0.655 bits per heavy atom. The summed E-state index contributed by atoms with van der Waals surface area (Å²) >= 11 is 0. The number of anilines is 6. The minimum absolute atomic E-state index is 0.199. The molecular weight excluding hydrogens is 1050 g/mol. The van der Waals surface area contributed by atoms with Gasteiger partial charge in [0.2, 0.25) is 0 Å². The topological polar surface area (TPSA) is 6.48 Å². The van der Waals surface area contributed by atoms with Gasteiger partial charge in [-0.15, -0.1) is 0 Å². The van der Waals surface area contributed by atoms with Gasteiger partial charge in [0, 0.05) is 45.0 Å². The average molecular weight is 1110 g/mol. The summed E-state index contributed by atoms with van der Waals surface area (Å²) in [6, 6.07) is 114. The number of rotatable bonds is 8. The highest BCUT2D eigenvalue weighted by molar-refractivity contribution is 7.00. The molecule has 3 heteroatoms. The summed E-state index contributed by atoms with van der Waals surface area (Å²) < 4.78 is 0. The van der Waals surface area contributed by atoms with Crippen molar-refractivity contribution in [3.05, 3.63) is 309 Å². The molecule has 0 spiro atoms. The molecule has 15 aromatic rings. The molecule has 0 aromatic heterocycles. The average Bonchev–Trinajstić information content (AvgIpc) is 0.738. The van der Waals surface area contributed by atoms with Crippen molar-refractivity contribution in [2.75, 3.05) is 9.80 Å². The van der Waals surface area contributed by atoms with E-state index in [1.54, 1.807) is 0 Å². The van der Waals surface area contributed by atoms with Gasteiger partial charge < -0.3 is 9.80 Å². The summed E-state index contributed by atoms with van der Waals surface area (Å²) in [6.07, 6.45) is 0. The number of nitrogens with zero attached hydrogens (tertiary/aromatic N) is 2. The summed E-state index contributed by atoms with van der Waals surface area (Å²) in [6.45, 7) is 6.93. The van der Waals surface area contributed by atoms with Gasteiger partial charge in [-0.25, -0.2) is 0 Å². The summed E-state index contributed by atoms with van der Waals surface area (Å²) in [7, 11) is 0. The normalized spacial score (nSPS) is 12.7. The molecule has 17 rings (SSSR count). The molecule has 0 amide bonds. The zero-order chi connectivity index (χ0) is 57.9. The van der Waals surface area contributed by atoms with Crippen LogP contribution in [0.15, 0.2) is 303 Å². The van der Waals surface area contributed by atoms with Crippen LogP contribution in [0.25, 0.3) is 110 Å². The molecule has 15 aromatic carbocycles. The minimum atomic E-state index is -0.250. The molecule has 0 bridgehead atoms. The maximum atomic E-state index is 2.68. The van der Waals surface area contributed by atoms with Crippen molar-refractivity contribution in [1.82, 2.24) is 0 Å². The Morgan fingerprint density at radius 3 is 1.11 bits per heavy atom. The van der Waals surface area contributed by atoms with E-state index in [-0.39, 0.29) is 12.1 Å². The first kappa shape index (κ1) is 50.8. The van der Waals surface area contributed by atoms with Gasteiger partial charge in [-0.05, 0) is 139 Å². The molecule has 2 aliphatic heterocycles. The Labute approximate surface area is 508 Å². The molecule has 2 heterocycles. The number of fused-ring (bicyclic) bond motifs is 6. The lowest BCUT2D eigenvalue weighted by Crippen LogP contribution is -2.61. The fraction of sp³-hybridized carbons (Fsp3) is 0.0476. The molecule has 0 saturated carbocycles. The Balaban J connectivity index is 1.05. The summed E-state index contributed by atoms with van der Waals surface area (Å²) in [5.74, 6) is 0. The van der Waals surface area contributed by atoms with Crippen LogP contribution in [-0.4, -0.2) is 6.71 Å². The lowest BCUT2D eigenvalue weighted by molar-refractivity contribution is 0.590. The van der Waals surface area contributed by atoms with E-state index in [4.69, 9.17) is 0 Å². The smallest absolute Gasteiger partial charge is 0.252 e. The van der Waals surface area contributed by atoms with Gasteiger partial charge in [0.25, 0.3) is 6.71 Å². The van der Waals surface area contributed by atoms with Crippen LogP contribution in [0.1, 0.15) is 26.3 Å². The second-order valence-corrected chi connectivity index (χ2v) is 24.7. The largest absolute Gasteiger partial charge is 0.310 e. The first-order valence-corrected chi connectivity index (χ1v) is 30.5. The fourth-order valence-corrected chi connectivity index (χ4v) is 14.8. The van der Waals surface area contributed by atoms with Crippen molar-refractivity contribution in [3.63, 3.8) is 0 Å². The zero-order valence-corrected chi connectivity index (χ0v) is 48.8. The van der Waals surface area contributed by atoms with Gasteiger partial charge in [-0.3, -0.25) is 0 Å². The van der Waals surface area contributed by atoms with Crippen molar-refractivity contribution in [2.45, 2.75) is 26.2 Å². The van der Waals surface area contributed by atoms with E-state index in [1.807, 2.05) is 0 Å². The summed E-state index contributed by atoms with van der Waals surface area (Å²) in [4.78, 5) is 5.35. The maximum Gasteiger partial charge on any atom is 0.252 e. The van der Waals surface area contributed by atoms with Crippen LogP contribution in [-0.2, 0) is 5.41 Å². The van der Waals surface area contributed by atoms with E-state index in [1.165, 1.54) is 121 Å². The molecule has 0 radical (unpaired) electrons. The standard InChI is InChI=1S/C84H59BN2/c1-84(2,3)63-52-76-81-77(53-63)87(83-67(57-30-15-7-16-31-57)39-23-40-68(83)58-32-17-8-18-33-58)75-49-46-62(64-47-44-60-36-20-42-70-69-41-19-34-59-35-21-43-71(78(59)69)80(64)79(60)70)51-73(75)85(81)72-50-61(54-24-9-4-10-25-54)45-48-74(72)86(76)82-65(55-26-11-5-12-27-55)37-22-38-66(82)56-28-13-6-14-29-56/h4-53H,1-3H3. The van der Waals surface area contributed by atoms with Crippen LogP contribution in [0.4, 0.5) is 34.1 Å². The van der Waals surface area contributed by atoms with E-state index in [9.17, 15) is 0 Å². The van der Waals surface area contributed by atoms with Crippen molar-refractivity contribution >= 4 is 100 Å². The fourth-order valence-electron chi connectivity index (χ4n) is 14.8. The van der Waals surface area contributed by atoms with E-state index in [2.05, 4.69) is 334 Å². The predicted molar refractivity (Wildman–Crippen MR) is 373 cm³/mol. The van der Waals surface area contributed by atoms with Crippen LogP contribution in [0, 0.1) is 0 Å². The Morgan fingerprint density at radius 1 is 0.264 bits per heavy atom. The molecule has 2 nitrogen and oxygen atoms in total. The highest BCUT2D eigenvalue weighted by Gasteiger charge is 2.46. The second-order valence-electron chi connectivity index (χ2n) is 24.7. The Bertz CT molecular complexity index is 5050. The number of hydrogen-bond donors (Lipinski definition) is 0. The van der Waals surface area contributed by atoms with Crippen LogP contribution in [0.5, 0.6) is 0 Å². The third-order valence-electron chi connectivity index (χ3n) is 18.7. The molecule has 0 unspecified atom stereocenters. The molecule has 0 aliphatic carbocycles. The monoisotopic (exact) mass is 1110 g/mol. The van der Waals surface area contributed by atoms with Crippen LogP contribution in [0.2, 0.25) is 0 Å². The van der Waals surface area contributed by atoms with Gasteiger partial charge in [0.1, 0.15) is 0 Å². The number of hydrogen-bond acceptors (Lipinski definition) is 2. The van der Waals surface area contributed by atoms with Crippen molar-refractivity contribution in [2.24, 2.45) is 0 Å².